The molecule has 142 valence electrons. The summed E-state index contributed by atoms with van der Waals surface area (Å²) in [4.78, 5) is 6.67. The van der Waals surface area contributed by atoms with Crippen LogP contribution in [0, 0.1) is 0 Å². The molecule has 0 spiro atoms. The number of benzene rings is 1. The highest BCUT2D eigenvalue weighted by molar-refractivity contribution is 7.88. The third kappa shape index (κ3) is 3.73. The van der Waals surface area contributed by atoms with Crippen molar-refractivity contribution in [1.29, 1.82) is 0 Å². The van der Waals surface area contributed by atoms with Crippen LogP contribution in [0.2, 0.25) is 0 Å². The number of sulfonamides is 1. The number of fused-ring (bicyclic) bond motifs is 1. The van der Waals surface area contributed by atoms with Crippen molar-refractivity contribution < 1.29 is 12.9 Å². The van der Waals surface area contributed by atoms with Crippen molar-refractivity contribution in [2.24, 2.45) is 0 Å². The first kappa shape index (κ1) is 18.1. The maximum absolute atomic E-state index is 12.9. The van der Waals surface area contributed by atoms with E-state index >= 15 is 0 Å². The summed E-state index contributed by atoms with van der Waals surface area (Å²) >= 11 is 0. The van der Waals surface area contributed by atoms with Crippen molar-refractivity contribution in [2.75, 3.05) is 26.2 Å². The van der Waals surface area contributed by atoms with Crippen LogP contribution < -0.4 is 0 Å². The smallest absolute Gasteiger partial charge is 0.220 e. The Bertz CT molecular complexity index is 1010. The average Bonchev–Trinajstić information content (AvgIpc) is 3.10. The van der Waals surface area contributed by atoms with Crippen LogP contribution in [0.5, 0.6) is 0 Å². The Morgan fingerprint density at radius 3 is 2.56 bits per heavy atom. The van der Waals surface area contributed by atoms with Gasteiger partial charge in [0.05, 0.1) is 5.69 Å². The Balaban J connectivity index is 1.42. The summed E-state index contributed by atoms with van der Waals surface area (Å²) in [5.41, 5.74) is 2.08. The summed E-state index contributed by atoms with van der Waals surface area (Å²) in [6.45, 7) is 4.39. The second kappa shape index (κ2) is 7.38. The topological polar surface area (TPSA) is 79.5 Å². The molecule has 1 atom stereocenters. The summed E-state index contributed by atoms with van der Waals surface area (Å²) in [5.74, 6) is -0.139. The molecule has 1 saturated heterocycles. The van der Waals surface area contributed by atoms with Crippen LogP contribution >= 0.6 is 0 Å². The van der Waals surface area contributed by atoms with Gasteiger partial charge >= 0.3 is 0 Å². The Hall–Kier alpha value is -2.29. The lowest BCUT2D eigenvalue weighted by Crippen LogP contribution is -2.49. The molecule has 8 heteroatoms. The standard InChI is InChI=1S/C19H22N4O3S/c1-15(17-7-4-5-9-20-17)22-10-12-23(13-11-22)27(24,25)14-18-16-6-2-3-8-19(16)26-21-18/h2-9,15H,10-14H2,1H3/t15-/m1/s1. The molecule has 0 N–H and O–H groups in total. The van der Waals surface area contributed by atoms with Gasteiger partial charge in [0.2, 0.25) is 10.0 Å². The third-order valence-electron chi connectivity index (χ3n) is 5.10. The molecule has 1 fully saturated rings. The van der Waals surface area contributed by atoms with Gasteiger partial charge < -0.3 is 4.52 Å². The fourth-order valence-electron chi connectivity index (χ4n) is 3.49. The van der Waals surface area contributed by atoms with Gasteiger partial charge in [-0.25, -0.2) is 8.42 Å². The number of aromatic nitrogens is 2. The first-order valence-corrected chi connectivity index (χ1v) is 10.6. The highest BCUT2D eigenvalue weighted by Crippen LogP contribution is 2.24. The van der Waals surface area contributed by atoms with Crippen LogP contribution in [0.1, 0.15) is 24.4 Å². The molecular weight excluding hydrogens is 364 g/mol. The Morgan fingerprint density at radius 1 is 1.07 bits per heavy atom. The first-order valence-electron chi connectivity index (χ1n) is 9.01. The van der Waals surface area contributed by atoms with Gasteiger partial charge in [0.25, 0.3) is 0 Å². The summed E-state index contributed by atoms with van der Waals surface area (Å²) in [6, 6.07) is 13.4. The molecule has 1 aromatic carbocycles. The molecule has 0 unspecified atom stereocenters. The number of hydrogen-bond donors (Lipinski definition) is 0. The molecule has 0 radical (unpaired) electrons. The molecule has 0 amide bonds. The molecule has 27 heavy (non-hydrogen) atoms. The molecular formula is C19H22N4O3S. The minimum atomic E-state index is -3.44. The lowest BCUT2D eigenvalue weighted by Gasteiger charge is -2.37. The van der Waals surface area contributed by atoms with E-state index in [1.807, 2.05) is 36.4 Å². The van der Waals surface area contributed by atoms with Crippen LogP contribution in [-0.2, 0) is 15.8 Å². The fraction of sp³-hybridized carbons (Fsp3) is 0.368. The molecule has 1 aliphatic rings. The normalized spacial score (nSPS) is 18.0. The maximum atomic E-state index is 12.9. The van der Waals surface area contributed by atoms with Crippen molar-refractivity contribution >= 4 is 21.0 Å². The first-order chi connectivity index (χ1) is 13.0. The quantitative estimate of drug-likeness (QED) is 0.670. The van der Waals surface area contributed by atoms with Crippen LogP contribution in [0.4, 0.5) is 0 Å². The molecule has 0 bridgehead atoms. The molecule has 7 nitrogen and oxygen atoms in total. The summed E-state index contributed by atoms with van der Waals surface area (Å²) in [5, 5.41) is 4.71. The van der Waals surface area contributed by atoms with Gasteiger partial charge in [0.1, 0.15) is 11.4 Å². The van der Waals surface area contributed by atoms with Gasteiger partial charge in [-0.05, 0) is 31.2 Å². The maximum Gasteiger partial charge on any atom is 0.220 e. The highest BCUT2D eigenvalue weighted by atomic mass is 32.2. The van der Waals surface area contributed by atoms with Crippen LogP contribution in [-0.4, -0.2) is 53.9 Å². The van der Waals surface area contributed by atoms with E-state index in [1.165, 1.54) is 0 Å². The van der Waals surface area contributed by atoms with Gasteiger partial charge in [0, 0.05) is 43.8 Å². The predicted octanol–water partition coefficient (Wildman–Crippen LogP) is 2.43. The second-order valence-electron chi connectivity index (χ2n) is 6.75. The highest BCUT2D eigenvalue weighted by Gasteiger charge is 2.30. The van der Waals surface area contributed by atoms with E-state index in [0.29, 0.717) is 37.5 Å². The molecule has 0 aliphatic carbocycles. The minimum Gasteiger partial charge on any atom is -0.356 e. The summed E-state index contributed by atoms with van der Waals surface area (Å²) < 4.78 is 32.5. The number of nitrogens with zero attached hydrogens (tertiary/aromatic N) is 4. The number of hydrogen-bond acceptors (Lipinski definition) is 6. The zero-order chi connectivity index (χ0) is 18.9. The molecule has 4 rings (SSSR count). The Labute approximate surface area is 158 Å². The van der Waals surface area contributed by atoms with Crippen LogP contribution in [0.3, 0.4) is 0 Å². The SMILES string of the molecule is C[C@H](c1ccccn1)N1CCN(S(=O)(=O)Cc2noc3ccccc23)CC1. The zero-order valence-electron chi connectivity index (χ0n) is 15.2. The lowest BCUT2D eigenvalue weighted by atomic mass is 10.1. The Morgan fingerprint density at radius 2 is 1.81 bits per heavy atom. The summed E-state index contributed by atoms with van der Waals surface area (Å²) in [7, 11) is -3.44. The minimum absolute atomic E-state index is 0.139. The average molecular weight is 386 g/mol. The van der Waals surface area contributed by atoms with E-state index in [0.717, 1.165) is 11.1 Å². The van der Waals surface area contributed by atoms with Crippen molar-refractivity contribution in [3.8, 4) is 0 Å². The van der Waals surface area contributed by atoms with Crippen LogP contribution in [0.15, 0.2) is 53.2 Å². The number of pyridine rings is 1. The van der Waals surface area contributed by atoms with E-state index in [-0.39, 0.29) is 11.8 Å². The van der Waals surface area contributed by atoms with Crippen molar-refractivity contribution in [3.05, 3.63) is 60.0 Å². The molecule has 1 aliphatic heterocycles. The fourth-order valence-corrected chi connectivity index (χ4v) is 4.94. The van der Waals surface area contributed by atoms with E-state index < -0.39 is 10.0 Å². The van der Waals surface area contributed by atoms with Crippen molar-refractivity contribution in [2.45, 2.75) is 18.7 Å². The number of rotatable bonds is 5. The van der Waals surface area contributed by atoms with Crippen molar-refractivity contribution in [1.82, 2.24) is 19.3 Å². The monoisotopic (exact) mass is 386 g/mol. The van der Waals surface area contributed by atoms with E-state index in [9.17, 15) is 8.42 Å². The van der Waals surface area contributed by atoms with Crippen molar-refractivity contribution in [3.63, 3.8) is 0 Å². The summed E-state index contributed by atoms with van der Waals surface area (Å²) in [6.07, 6.45) is 1.79. The van der Waals surface area contributed by atoms with Crippen LogP contribution in [0.25, 0.3) is 11.0 Å². The third-order valence-corrected chi connectivity index (χ3v) is 6.89. The van der Waals surface area contributed by atoms with E-state index in [2.05, 4.69) is 22.0 Å². The van der Waals surface area contributed by atoms with Gasteiger partial charge in [-0.3, -0.25) is 9.88 Å². The lowest BCUT2D eigenvalue weighted by molar-refractivity contribution is 0.143. The van der Waals surface area contributed by atoms with E-state index in [4.69, 9.17) is 4.52 Å². The van der Waals surface area contributed by atoms with E-state index in [1.54, 1.807) is 16.6 Å². The number of para-hydroxylation sites is 1. The molecule has 3 aromatic rings. The number of piperazine rings is 1. The van der Waals surface area contributed by atoms with Gasteiger partial charge in [-0.15, -0.1) is 0 Å². The van der Waals surface area contributed by atoms with Gasteiger partial charge in [0.15, 0.2) is 5.58 Å². The largest absolute Gasteiger partial charge is 0.356 e. The molecule has 3 heterocycles. The van der Waals surface area contributed by atoms with Gasteiger partial charge in [-0.1, -0.05) is 23.4 Å². The van der Waals surface area contributed by atoms with Gasteiger partial charge in [-0.2, -0.15) is 4.31 Å². The molecule has 2 aromatic heterocycles. The zero-order valence-corrected chi connectivity index (χ0v) is 16.0. The second-order valence-corrected chi connectivity index (χ2v) is 8.72. The predicted molar refractivity (Wildman–Crippen MR) is 102 cm³/mol. The Kier molecular flexibility index (Phi) is 4.94. The molecule has 0 saturated carbocycles.